The van der Waals surface area contributed by atoms with Crippen LogP contribution in [0.25, 0.3) is 10.1 Å². The lowest BCUT2D eigenvalue weighted by molar-refractivity contribution is -0.0574. The van der Waals surface area contributed by atoms with E-state index >= 15 is 0 Å². The highest BCUT2D eigenvalue weighted by Gasteiger charge is 2.40. The Hall–Kier alpha value is -0.860. The molecule has 96 valence electrons. The van der Waals surface area contributed by atoms with Crippen molar-refractivity contribution in [3.05, 3.63) is 35.2 Å². The zero-order valence-electron chi connectivity index (χ0n) is 11.0. The minimum atomic E-state index is -0.628. The molecule has 1 aliphatic rings. The summed E-state index contributed by atoms with van der Waals surface area (Å²) in [5.74, 6) is 1.08. The molecular formula is C16H20OS. The smallest absolute Gasteiger partial charge is 0.0935 e. The molecule has 0 amide bonds. The molecule has 1 aromatic heterocycles. The SMILES string of the molecule is CC1CCC(O)(c2cccc3ccsc23)C(C)C1. The van der Waals surface area contributed by atoms with Crippen LogP contribution < -0.4 is 0 Å². The van der Waals surface area contributed by atoms with E-state index in [-0.39, 0.29) is 0 Å². The predicted molar refractivity (Wildman–Crippen MR) is 77.9 cm³/mol. The summed E-state index contributed by atoms with van der Waals surface area (Å²) < 4.78 is 1.27. The van der Waals surface area contributed by atoms with E-state index in [0.29, 0.717) is 5.92 Å². The van der Waals surface area contributed by atoms with Crippen molar-refractivity contribution in [2.24, 2.45) is 11.8 Å². The summed E-state index contributed by atoms with van der Waals surface area (Å²) >= 11 is 1.75. The Morgan fingerprint density at radius 1 is 1.28 bits per heavy atom. The molecule has 0 saturated heterocycles. The first-order chi connectivity index (χ1) is 8.61. The minimum Gasteiger partial charge on any atom is -0.385 e. The molecule has 0 spiro atoms. The highest BCUT2D eigenvalue weighted by molar-refractivity contribution is 7.17. The molecule has 1 aliphatic carbocycles. The number of thiophene rings is 1. The normalized spacial score (nSPS) is 32.8. The van der Waals surface area contributed by atoms with Crippen molar-refractivity contribution in [1.29, 1.82) is 0 Å². The van der Waals surface area contributed by atoms with Crippen LogP contribution in [0.1, 0.15) is 38.7 Å². The summed E-state index contributed by atoms with van der Waals surface area (Å²) in [6, 6.07) is 8.47. The fourth-order valence-electron chi connectivity index (χ4n) is 3.36. The lowest BCUT2D eigenvalue weighted by Gasteiger charge is -2.41. The van der Waals surface area contributed by atoms with Crippen molar-refractivity contribution in [3.8, 4) is 0 Å². The van der Waals surface area contributed by atoms with Gasteiger partial charge in [-0.1, -0.05) is 32.0 Å². The Morgan fingerprint density at radius 2 is 2.11 bits per heavy atom. The van der Waals surface area contributed by atoms with Crippen LogP contribution in [0.3, 0.4) is 0 Å². The van der Waals surface area contributed by atoms with E-state index < -0.39 is 5.60 Å². The van der Waals surface area contributed by atoms with Gasteiger partial charge in [0.15, 0.2) is 0 Å². The molecule has 1 saturated carbocycles. The van der Waals surface area contributed by atoms with E-state index in [1.807, 2.05) is 0 Å². The first kappa shape index (κ1) is 12.2. The highest BCUT2D eigenvalue weighted by atomic mass is 32.1. The molecule has 3 unspecified atom stereocenters. The van der Waals surface area contributed by atoms with Crippen LogP contribution in [-0.2, 0) is 5.60 Å². The second-order valence-electron chi connectivity index (χ2n) is 5.85. The van der Waals surface area contributed by atoms with Crippen LogP contribution in [0.15, 0.2) is 29.6 Å². The van der Waals surface area contributed by atoms with Gasteiger partial charge < -0.3 is 5.11 Å². The van der Waals surface area contributed by atoms with Gasteiger partial charge in [0.05, 0.1) is 5.60 Å². The third kappa shape index (κ3) is 1.79. The molecule has 0 bridgehead atoms. The molecule has 2 heteroatoms. The Labute approximate surface area is 112 Å². The third-order valence-corrected chi connectivity index (χ3v) is 5.50. The summed E-state index contributed by atoms with van der Waals surface area (Å²) in [4.78, 5) is 0. The number of aliphatic hydroxyl groups is 1. The van der Waals surface area contributed by atoms with Crippen LogP contribution >= 0.6 is 11.3 Å². The molecular weight excluding hydrogens is 240 g/mol. The van der Waals surface area contributed by atoms with E-state index in [1.165, 1.54) is 10.1 Å². The van der Waals surface area contributed by atoms with Crippen LogP contribution in [0, 0.1) is 11.8 Å². The first-order valence-corrected chi connectivity index (χ1v) is 7.68. The lowest BCUT2D eigenvalue weighted by Crippen LogP contribution is -2.38. The molecule has 0 aliphatic heterocycles. The van der Waals surface area contributed by atoms with Gasteiger partial charge in [-0.2, -0.15) is 0 Å². The van der Waals surface area contributed by atoms with Gasteiger partial charge in [-0.3, -0.25) is 0 Å². The average molecular weight is 260 g/mol. The standard InChI is InChI=1S/C16H20OS/c1-11-6-8-16(17,12(2)10-11)14-5-3-4-13-7-9-18-15(13)14/h3-5,7,9,11-12,17H,6,8,10H2,1-2H3. The molecule has 1 fully saturated rings. The molecule has 1 nitrogen and oxygen atoms in total. The summed E-state index contributed by atoms with van der Waals surface area (Å²) in [5.41, 5.74) is 0.519. The van der Waals surface area contributed by atoms with E-state index in [4.69, 9.17) is 0 Å². The summed E-state index contributed by atoms with van der Waals surface area (Å²) in [6.45, 7) is 4.49. The summed E-state index contributed by atoms with van der Waals surface area (Å²) in [7, 11) is 0. The topological polar surface area (TPSA) is 20.2 Å². The van der Waals surface area contributed by atoms with Gasteiger partial charge in [-0.25, -0.2) is 0 Å². The van der Waals surface area contributed by atoms with E-state index in [9.17, 15) is 5.11 Å². The monoisotopic (exact) mass is 260 g/mol. The highest BCUT2D eigenvalue weighted by Crippen LogP contribution is 2.46. The zero-order chi connectivity index (χ0) is 12.8. The molecule has 3 rings (SSSR count). The number of hydrogen-bond donors (Lipinski definition) is 1. The Morgan fingerprint density at radius 3 is 2.89 bits per heavy atom. The van der Waals surface area contributed by atoms with Crippen LogP contribution in [0.4, 0.5) is 0 Å². The van der Waals surface area contributed by atoms with Crippen molar-refractivity contribution in [2.75, 3.05) is 0 Å². The van der Waals surface area contributed by atoms with Gasteiger partial charge in [0.1, 0.15) is 0 Å². The van der Waals surface area contributed by atoms with Gasteiger partial charge in [-0.05, 0) is 47.9 Å². The molecule has 3 atom stereocenters. The molecule has 1 heterocycles. The van der Waals surface area contributed by atoms with Crippen molar-refractivity contribution >= 4 is 21.4 Å². The first-order valence-electron chi connectivity index (χ1n) is 6.80. The van der Waals surface area contributed by atoms with Crippen molar-refractivity contribution in [1.82, 2.24) is 0 Å². The molecule has 1 N–H and O–H groups in total. The summed E-state index contributed by atoms with van der Waals surface area (Å²) in [5, 5.41) is 14.5. The minimum absolute atomic E-state index is 0.342. The van der Waals surface area contributed by atoms with Gasteiger partial charge in [-0.15, -0.1) is 11.3 Å². The molecule has 0 radical (unpaired) electrons. The van der Waals surface area contributed by atoms with Gasteiger partial charge >= 0.3 is 0 Å². The molecule has 18 heavy (non-hydrogen) atoms. The zero-order valence-corrected chi connectivity index (χ0v) is 11.8. The van der Waals surface area contributed by atoms with Crippen LogP contribution in [0.5, 0.6) is 0 Å². The maximum atomic E-state index is 11.2. The quantitative estimate of drug-likeness (QED) is 0.798. The summed E-state index contributed by atoms with van der Waals surface area (Å²) in [6.07, 6.45) is 3.15. The number of fused-ring (bicyclic) bond motifs is 1. The van der Waals surface area contributed by atoms with Gasteiger partial charge in [0, 0.05) is 10.3 Å². The maximum Gasteiger partial charge on any atom is 0.0935 e. The largest absolute Gasteiger partial charge is 0.385 e. The van der Waals surface area contributed by atoms with Crippen molar-refractivity contribution < 1.29 is 5.11 Å². The van der Waals surface area contributed by atoms with Crippen molar-refractivity contribution in [3.63, 3.8) is 0 Å². The Balaban J connectivity index is 2.10. The molecule has 1 aromatic carbocycles. The number of hydrogen-bond acceptors (Lipinski definition) is 2. The fourth-order valence-corrected chi connectivity index (χ4v) is 4.36. The Kier molecular flexibility index (Phi) is 2.95. The Bertz CT molecular complexity index is 559. The number of benzene rings is 1. The van der Waals surface area contributed by atoms with Crippen LogP contribution in [-0.4, -0.2) is 5.11 Å². The number of rotatable bonds is 1. The third-order valence-electron chi connectivity index (χ3n) is 4.53. The van der Waals surface area contributed by atoms with E-state index in [1.54, 1.807) is 11.3 Å². The van der Waals surface area contributed by atoms with E-state index in [0.717, 1.165) is 30.7 Å². The van der Waals surface area contributed by atoms with Gasteiger partial charge in [0.25, 0.3) is 0 Å². The van der Waals surface area contributed by atoms with Crippen molar-refractivity contribution in [2.45, 2.75) is 38.7 Å². The predicted octanol–water partition coefficient (Wildman–Crippen LogP) is 4.55. The average Bonchev–Trinajstić information content (AvgIpc) is 2.82. The van der Waals surface area contributed by atoms with E-state index in [2.05, 4.69) is 43.5 Å². The lowest BCUT2D eigenvalue weighted by atomic mass is 9.69. The second kappa shape index (κ2) is 4.36. The second-order valence-corrected chi connectivity index (χ2v) is 6.77. The van der Waals surface area contributed by atoms with Gasteiger partial charge in [0.2, 0.25) is 0 Å². The van der Waals surface area contributed by atoms with Crippen LogP contribution in [0.2, 0.25) is 0 Å². The maximum absolute atomic E-state index is 11.2. The molecule has 2 aromatic rings. The fraction of sp³-hybridized carbons (Fsp3) is 0.500.